The van der Waals surface area contributed by atoms with Crippen LogP contribution < -0.4 is 14.4 Å². The van der Waals surface area contributed by atoms with Crippen molar-refractivity contribution in [2.24, 2.45) is 0 Å². The smallest absolute Gasteiger partial charge is 0.300 e. The van der Waals surface area contributed by atoms with E-state index in [1.54, 1.807) is 36.4 Å². The SMILES string of the molecule is CCOc1ccc(C2/C(=C(\O)c3cccc([N+](=O)[O-])c3)C(=O)C(=O)N2c2cccc(C)c2)cc1OC. The average Bonchev–Trinajstić information content (AvgIpc) is 3.14. The average molecular weight is 488 g/mol. The third kappa shape index (κ3) is 4.38. The molecule has 1 amide bonds. The minimum Gasteiger partial charge on any atom is -0.507 e. The van der Waals surface area contributed by atoms with E-state index in [1.807, 2.05) is 19.9 Å². The number of hydrogen-bond acceptors (Lipinski definition) is 7. The highest BCUT2D eigenvalue weighted by atomic mass is 16.6. The van der Waals surface area contributed by atoms with Crippen molar-refractivity contribution >= 4 is 28.8 Å². The maximum absolute atomic E-state index is 13.3. The number of Topliss-reactive ketones (excluding diaryl/α,β-unsaturated/α-hetero) is 1. The second-order valence-electron chi connectivity index (χ2n) is 8.16. The Morgan fingerprint density at radius 2 is 1.81 bits per heavy atom. The van der Waals surface area contributed by atoms with Crippen LogP contribution >= 0.6 is 0 Å². The second-order valence-corrected chi connectivity index (χ2v) is 8.16. The number of carbonyl (C=O) groups is 2. The van der Waals surface area contributed by atoms with E-state index in [-0.39, 0.29) is 16.8 Å². The lowest BCUT2D eigenvalue weighted by Crippen LogP contribution is -2.29. The van der Waals surface area contributed by atoms with Crippen molar-refractivity contribution in [2.45, 2.75) is 19.9 Å². The fraction of sp³-hybridized carbons (Fsp3) is 0.185. The van der Waals surface area contributed by atoms with Crippen molar-refractivity contribution in [1.29, 1.82) is 0 Å². The number of carbonyl (C=O) groups excluding carboxylic acids is 2. The molecule has 9 heteroatoms. The van der Waals surface area contributed by atoms with Gasteiger partial charge in [-0.05, 0) is 49.2 Å². The van der Waals surface area contributed by atoms with Crippen LogP contribution in [0.4, 0.5) is 11.4 Å². The number of rotatable bonds is 7. The molecule has 1 heterocycles. The number of aryl methyl sites for hydroxylation is 1. The van der Waals surface area contributed by atoms with Crippen LogP contribution in [0.1, 0.15) is 29.7 Å². The number of nitrogens with zero attached hydrogens (tertiary/aromatic N) is 2. The van der Waals surface area contributed by atoms with Gasteiger partial charge >= 0.3 is 0 Å². The van der Waals surface area contributed by atoms with Gasteiger partial charge in [0, 0.05) is 23.4 Å². The standard InChI is InChI=1S/C27H24N2O7/c1-4-36-21-12-11-17(15-22(21)35-3)24-23(25(30)18-8-6-10-20(14-18)29(33)34)26(31)27(32)28(24)19-9-5-7-16(2)13-19/h5-15,24,30H,4H2,1-3H3/b25-23+. The van der Waals surface area contributed by atoms with Gasteiger partial charge in [-0.25, -0.2) is 0 Å². The van der Waals surface area contributed by atoms with Gasteiger partial charge in [0.05, 0.1) is 30.3 Å². The molecule has 0 aromatic heterocycles. The lowest BCUT2D eigenvalue weighted by atomic mass is 9.94. The normalized spacial score (nSPS) is 16.8. The molecule has 1 aliphatic rings. The summed E-state index contributed by atoms with van der Waals surface area (Å²) in [6, 6.07) is 16.3. The molecule has 0 saturated carbocycles. The summed E-state index contributed by atoms with van der Waals surface area (Å²) in [5, 5.41) is 22.5. The van der Waals surface area contributed by atoms with Gasteiger partial charge in [-0.15, -0.1) is 0 Å². The minimum atomic E-state index is -1.02. The molecule has 0 spiro atoms. The zero-order chi connectivity index (χ0) is 26.0. The summed E-state index contributed by atoms with van der Waals surface area (Å²) in [4.78, 5) is 38.6. The number of nitro groups is 1. The molecular weight excluding hydrogens is 464 g/mol. The quantitative estimate of drug-likeness (QED) is 0.165. The molecule has 1 aliphatic heterocycles. The highest BCUT2D eigenvalue weighted by Crippen LogP contribution is 2.44. The summed E-state index contributed by atoms with van der Waals surface area (Å²) in [7, 11) is 1.47. The van der Waals surface area contributed by atoms with Gasteiger partial charge in [0.25, 0.3) is 17.4 Å². The first kappa shape index (κ1) is 24.5. The van der Waals surface area contributed by atoms with E-state index in [9.17, 15) is 24.8 Å². The third-order valence-corrected chi connectivity index (χ3v) is 5.86. The molecule has 0 aliphatic carbocycles. The van der Waals surface area contributed by atoms with Gasteiger partial charge in [-0.3, -0.25) is 24.6 Å². The summed E-state index contributed by atoms with van der Waals surface area (Å²) in [6.07, 6.45) is 0. The van der Waals surface area contributed by atoms with Gasteiger partial charge in [-0.1, -0.05) is 30.3 Å². The van der Waals surface area contributed by atoms with Crippen LogP contribution in [-0.4, -0.2) is 35.4 Å². The Balaban J connectivity index is 1.97. The molecule has 1 unspecified atom stereocenters. The number of aliphatic hydroxyl groups is 1. The van der Waals surface area contributed by atoms with E-state index >= 15 is 0 Å². The van der Waals surface area contributed by atoms with Crippen LogP contribution in [0.15, 0.2) is 72.3 Å². The van der Waals surface area contributed by atoms with Crippen molar-refractivity contribution in [1.82, 2.24) is 0 Å². The van der Waals surface area contributed by atoms with Crippen molar-refractivity contribution in [3.8, 4) is 11.5 Å². The van der Waals surface area contributed by atoms with Crippen LogP contribution in [0.5, 0.6) is 11.5 Å². The highest BCUT2D eigenvalue weighted by molar-refractivity contribution is 6.51. The number of nitro benzene ring substituents is 1. The molecule has 1 saturated heterocycles. The Morgan fingerprint density at radius 3 is 2.47 bits per heavy atom. The summed E-state index contributed by atoms with van der Waals surface area (Å²) in [5.74, 6) is -1.37. The summed E-state index contributed by atoms with van der Waals surface area (Å²) in [5.41, 5.74) is 1.43. The largest absolute Gasteiger partial charge is 0.507 e. The Morgan fingerprint density at radius 1 is 1.06 bits per heavy atom. The first-order valence-corrected chi connectivity index (χ1v) is 11.2. The second kappa shape index (κ2) is 9.91. The Kier molecular flexibility index (Phi) is 6.73. The highest BCUT2D eigenvalue weighted by Gasteiger charge is 2.47. The van der Waals surface area contributed by atoms with Crippen LogP contribution in [-0.2, 0) is 9.59 Å². The predicted octanol–water partition coefficient (Wildman–Crippen LogP) is 4.94. The van der Waals surface area contributed by atoms with Crippen LogP contribution in [0, 0.1) is 17.0 Å². The predicted molar refractivity (Wildman–Crippen MR) is 133 cm³/mol. The topological polar surface area (TPSA) is 119 Å². The maximum Gasteiger partial charge on any atom is 0.300 e. The van der Waals surface area contributed by atoms with Crippen molar-refractivity contribution in [2.75, 3.05) is 18.6 Å². The first-order valence-electron chi connectivity index (χ1n) is 11.2. The summed E-state index contributed by atoms with van der Waals surface area (Å²) in [6.45, 7) is 4.10. The van der Waals surface area contributed by atoms with E-state index in [4.69, 9.17) is 9.47 Å². The van der Waals surface area contributed by atoms with Crippen molar-refractivity contribution in [3.63, 3.8) is 0 Å². The van der Waals surface area contributed by atoms with Crippen LogP contribution in [0.25, 0.3) is 5.76 Å². The number of non-ortho nitro benzene ring substituents is 1. The lowest BCUT2D eigenvalue weighted by molar-refractivity contribution is -0.384. The summed E-state index contributed by atoms with van der Waals surface area (Å²) < 4.78 is 11.1. The van der Waals surface area contributed by atoms with Crippen LogP contribution in [0.3, 0.4) is 0 Å². The lowest BCUT2D eigenvalue weighted by Gasteiger charge is -2.26. The number of anilines is 1. The molecular formula is C27H24N2O7. The molecule has 184 valence electrons. The fourth-order valence-electron chi connectivity index (χ4n) is 4.24. The van der Waals surface area contributed by atoms with Gasteiger partial charge in [0.1, 0.15) is 5.76 Å². The van der Waals surface area contributed by atoms with Gasteiger partial charge < -0.3 is 14.6 Å². The molecule has 36 heavy (non-hydrogen) atoms. The maximum atomic E-state index is 13.3. The Hall–Kier alpha value is -4.66. The minimum absolute atomic E-state index is 0.0503. The Bertz CT molecular complexity index is 1400. The molecule has 0 radical (unpaired) electrons. The van der Waals surface area contributed by atoms with Crippen molar-refractivity contribution < 1.29 is 29.1 Å². The Labute approximate surface area is 207 Å². The molecule has 0 bridgehead atoms. The number of ketones is 1. The van der Waals surface area contributed by atoms with Gasteiger partial charge in [0.2, 0.25) is 0 Å². The van der Waals surface area contributed by atoms with Crippen molar-refractivity contribution in [3.05, 3.63) is 99.1 Å². The monoisotopic (exact) mass is 488 g/mol. The molecule has 1 atom stereocenters. The fourth-order valence-corrected chi connectivity index (χ4v) is 4.24. The zero-order valence-electron chi connectivity index (χ0n) is 19.9. The summed E-state index contributed by atoms with van der Waals surface area (Å²) >= 11 is 0. The van der Waals surface area contributed by atoms with E-state index in [1.165, 1.54) is 30.2 Å². The van der Waals surface area contributed by atoms with E-state index < -0.39 is 28.4 Å². The van der Waals surface area contributed by atoms with E-state index in [0.29, 0.717) is 29.4 Å². The number of aliphatic hydroxyl groups excluding tert-OH is 1. The molecule has 1 N–H and O–H groups in total. The molecule has 1 fully saturated rings. The third-order valence-electron chi connectivity index (χ3n) is 5.86. The van der Waals surface area contributed by atoms with Gasteiger partial charge in [0.15, 0.2) is 11.5 Å². The number of ether oxygens (including phenoxy) is 2. The molecule has 3 aromatic carbocycles. The van der Waals surface area contributed by atoms with Crippen LogP contribution in [0.2, 0.25) is 0 Å². The molecule has 3 aromatic rings. The number of hydrogen-bond donors (Lipinski definition) is 1. The van der Waals surface area contributed by atoms with E-state index in [2.05, 4.69) is 0 Å². The van der Waals surface area contributed by atoms with Gasteiger partial charge in [-0.2, -0.15) is 0 Å². The van der Waals surface area contributed by atoms with E-state index in [0.717, 1.165) is 11.6 Å². The molecule has 9 nitrogen and oxygen atoms in total. The number of methoxy groups -OCH3 is 1. The molecule has 4 rings (SSSR count). The first-order chi connectivity index (χ1) is 17.3. The number of amides is 1. The zero-order valence-corrected chi connectivity index (χ0v) is 19.9. The number of benzene rings is 3.